The standard InChI is InChI=1S/C10H13NSi.C5H4BrN.ClH/c1-12(2,3)9-6-10-4-7-11-8-5-10;6-5-1-3-7-4-2-5;/h4-5,7-8H,1-3H3;1-4H;1H. The normalized spacial score (nSPS) is 9.20. The average Bonchev–Trinajstić information content (AvgIpc) is 2.39. The van der Waals surface area contributed by atoms with E-state index < -0.39 is 8.07 Å². The van der Waals surface area contributed by atoms with Crippen molar-refractivity contribution < 1.29 is 0 Å². The van der Waals surface area contributed by atoms with Crippen LogP contribution in [0, 0.1) is 11.5 Å². The number of hydrogen-bond acceptors (Lipinski definition) is 2. The molecule has 2 heterocycles. The van der Waals surface area contributed by atoms with Crippen molar-refractivity contribution in [2.45, 2.75) is 19.6 Å². The maximum absolute atomic E-state index is 3.93. The van der Waals surface area contributed by atoms with Crippen LogP contribution in [0.4, 0.5) is 0 Å². The molecule has 0 unspecified atom stereocenters. The lowest BCUT2D eigenvalue weighted by Gasteiger charge is -2.02. The Morgan fingerprint density at radius 1 is 0.900 bits per heavy atom. The van der Waals surface area contributed by atoms with Crippen molar-refractivity contribution in [1.82, 2.24) is 9.97 Å². The smallest absolute Gasteiger partial charge is 0.129 e. The summed E-state index contributed by atoms with van der Waals surface area (Å²) < 4.78 is 1.07. The molecular formula is C15H18BrClN2Si. The van der Waals surface area contributed by atoms with E-state index in [1.165, 1.54) is 0 Å². The lowest BCUT2D eigenvalue weighted by Crippen LogP contribution is -2.16. The van der Waals surface area contributed by atoms with Gasteiger partial charge < -0.3 is 0 Å². The zero-order valence-electron chi connectivity index (χ0n) is 11.8. The maximum atomic E-state index is 3.93. The van der Waals surface area contributed by atoms with Crippen LogP contribution in [0.5, 0.6) is 0 Å². The zero-order valence-corrected chi connectivity index (χ0v) is 15.2. The summed E-state index contributed by atoms with van der Waals surface area (Å²) in [6.45, 7) is 6.71. The molecule has 0 bridgehead atoms. The second kappa shape index (κ2) is 9.70. The minimum Gasteiger partial charge on any atom is -0.265 e. The summed E-state index contributed by atoms with van der Waals surface area (Å²) in [7, 11) is -1.22. The Hall–Kier alpha value is -1.15. The molecule has 2 aromatic heterocycles. The molecule has 0 aliphatic rings. The Labute approximate surface area is 136 Å². The number of aromatic nitrogens is 2. The fourth-order valence-corrected chi connectivity index (χ4v) is 1.78. The van der Waals surface area contributed by atoms with Crippen molar-refractivity contribution in [3.63, 3.8) is 0 Å². The first-order chi connectivity index (χ1) is 8.97. The first kappa shape index (κ1) is 18.8. The minimum absolute atomic E-state index is 0. The van der Waals surface area contributed by atoms with Crippen molar-refractivity contribution in [1.29, 1.82) is 0 Å². The molecule has 0 saturated heterocycles. The van der Waals surface area contributed by atoms with Gasteiger partial charge >= 0.3 is 0 Å². The first-order valence-corrected chi connectivity index (χ1v) is 10.3. The van der Waals surface area contributed by atoms with Crippen LogP contribution in [-0.2, 0) is 0 Å². The van der Waals surface area contributed by atoms with Crippen molar-refractivity contribution >= 4 is 36.4 Å². The van der Waals surface area contributed by atoms with Gasteiger partial charge in [0, 0.05) is 34.8 Å². The number of pyridine rings is 2. The van der Waals surface area contributed by atoms with Crippen molar-refractivity contribution in [3.8, 4) is 11.5 Å². The van der Waals surface area contributed by atoms with E-state index in [0.29, 0.717) is 0 Å². The van der Waals surface area contributed by atoms with Crippen LogP contribution < -0.4 is 0 Å². The van der Waals surface area contributed by atoms with Crippen molar-refractivity contribution in [2.75, 3.05) is 0 Å². The Morgan fingerprint density at radius 2 is 1.35 bits per heavy atom. The van der Waals surface area contributed by atoms with Gasteiger partial charge in [-0.3, -0.25) is 9.97 Å². The molecule has 0 aliphatic heterocycles. The van der Waals surface area contributed by atoms with Gasteiger partial charge in [-0.1, -0.05) is 41.5 Å². The highest BCUT2D eigenvalue weighted by Gasteiger charge is 2.07. The molecule has 5 heteroatoms. The predicted molar refractivity (Wildman–Crippen MR) is 93.6 cm³/mol. The molecule has 20 heavy (non-hydrogen) atoms. The minimum atomic E-state index is -1.22. The van der Waals surface area contributed by atoms with Crippen LogP contribution in [0.15, 0.2) is 53.5 Å². The second-order valence-corrected chi connectivity index (χ2v) is 10.6. The zero-order chi connectivity index (χ0) is 14.1. The van der Waals surface area contributed by atoms with Gasteiger partial charge in [-0.05, 0) is 24.3 Å². The molecule has 106 valence electrons. The van der Waals surface area contributed by atoms with Gasteiger partial charge in [-0.25, -0.2) is 0 Å². The summed E-state index contributed by atoms with van der Waals surface area (Å²) in [6.07, 6.45) is 7.02. The molecule has 0 aromatic carbocycles. The molecule has 2 rings (SSSR count). The molecule has 0 radical (unpaired) electrons. The maximum Gasteiger partial charge on any atom is 0.129 e. The third-order valence-corrected chi connectivity index (χ3v) is 3.31. The van der Waals surface area contributed by atoms with E-state index >= 15 is 0 Å². The molecule has 0 spiro atoms. The lowest BCUT2D eigenvalue weighted by atomic mass is 10.3. The number of nitrogens with zero attached hydrogens (tertiary/aromatic N) is 2. The Balaban J connectivity index is 0.000000387. The van der Waals surface area contributed by atoms with Crippen molar-refractivity contribution in [2.24, 2.45) is 0 Å². The largest absolute Gasteiger partial charge is 0.265 e. The average molecular weight is 370 g/mol. The van der Waals surface area contributed by atoms with E-state index in [1.54, 1.807) is 24.8 Å². The third kappa shape index (κ3) is 9.73. The van der Waals surface area contributed by atoms with Crippen LogP contribution in [0.2, 0.25) is 19.6 Å². The monoisotopic (exact) mass is 368 g/mol. The molecule has 0 saturated carbocycles. The van der Waals surface area contributed by atoms with E-state index in [-0.39, 0.29) is 12.4 Å². The molecular weight excluding hydrogens is 352 g/mol. The third-order valence-electron chi connectivity index (χ3n) is 1.90. The molecule has 0 amide bonds. The van der Waals surface area contributed by atoms with Gasteiger partial charge in [0.1, 0.15) is 8.07 Å². The molecule has 2 nitrogen and oxygen atoms in total. The molecule has 2 aromatic rings. The summed E-state index contributed by atoms with van der Waals surface area (Å²) in [4.78, 5) is 7.75. The summed E-state index contributed by atoms with van der Waals surface area (Å²) in [5.41, 5.74) is 4.36. The van der Waals surface area contributed by atoms with E-state index in [9.17, 15) is 0 Å². The number of hydrogen-bond donors (Lipinski definition) is 0. The number of rotatable bonds is 0. The van der Waals surface area contributed by atoms with Gasteiger partial charge in [-0.15, -0.1) is 18.0 Å². The summed E-state index contributed by atoms with van der Waals surface area (Å²) >= 11 is 3.27. The first-order valence-electron chi connectivity index (χ1n) is 5.96. The van der Waals surface area contributed by atoms with Gasteiger partial charge in [0.15, 0.2) is 0 Å². The molecule has 0 N–H and O–H groups in total. The number of halogens is 2. The van der Waals surface area contributed by atoms with E-state index in [2.05, 4.69) is 57.0 Å². The highest BCUT2D eigenvalue weighted by Crippen LogP contribution is 2.03. The van der Waals surface area contributed by atoms with Gasteiger partial charge in [0.2, 0.25) is 0 Å². The van der Waals surface area contributed by atoms with Crippen LogP contribution in [0.25, 0.3) is 0 Å². The quantitative estimate of drug-likeness (QED) is 0.502. The summed E-state index contributed by atoms with van der Waals surface area (Å²) in [5.74, 6) is 3.16. The van der Waals surface area contributed by atoms with E-state index in [0.717, 1.165) is 10.0 Å². The molecule has 0 fully saturated rings. The van der Waals surface area contributed by atoms with E-state index in [1.807, 2.05) is 24.3 Å². The van der Waals surface area contributed by atoms with E-state index in [4.69, 9.17) is 0 Å². The van der Waals surface area contributed by atoms with Gasteiger partial charge in [0.25, 0.3) is 0 Å². The van der Waals surface area contributed by atoms with Crippen LogP contribution in [0.3, 0.4) is 0 Å². The molecule has 0 aliphatic carbocycles. The SMILES string of the molecule is Brc1ccncc1.C[Si](C)(C)C#Cc1ccncc1.Cl. The van der Waals surface area contributed by atoms with Crippen LogP contribution in [0.1, 0.15) is 5.56 Å². The fourth-order valence-electron chi connectivity index (χ4n) is 1.03. The van der Waals surface area contributed by atoms with Crippen molar-refractivity contribution in [3.05, 3.63) is 59.1 Å². The summed E-state index contributed by atoms with van der Waals surface area (Å²) in [5, 5.41) is 0. The Kier molecular flexibility index (Phi) is 9.14. The fraction of sp³-hybridized carbons (Fsp3) is 0.200. The second-order valence-electron chi connectivity index (χ2n) is 4.90. The predicted octanol–water partition coefficient (Wildman–Crippen LogP) is 4.58. The van der Waals surface area contributed by atoms with Gasteiger partial charge in [-0.2, -0.15) is 0 Å². The highest BCUT2D eigenvalue weighted by atomic mass is 79.9. The summed E-state index contributed by atoms with van der Waals surface area (Å²) in [6, 6.07) is 7.65. The van der Waals surface area contributed by atoms with Gasteiger partial charge in [0.05, 0.1) is 0 Å². The Morgan fingerprint density at radius 3 is 1.70 bits per heavy atom. The Bertz CT molecular complexity index is 545. The van der Waals surface area contributed by atoms with Crippen LogP contribution >= 0.6 is 28.3 Å². The van der Waals surface area contributed by atoms with Crippen LogP contribution in [-0.4, -0.2) is 18.0 Å². The topological polar surface area (TPSA) is 25.8 Å². The molecule has 0 atom stereocenters. The highest BCUT2D eigenvalue weighted by molar-refractivity contribution is 9.10. The lowest BCUT2D eigenvalue weighted by molar-refractivity contribution is 1.32.